The van der Waals surface area contributed by atoms with E-state index in [0.29, 0.717) is 5.92 Å². The van der Waals surface area contributed by atoms with E-state index in [9.17, 15) is 0 Å². The van der Waals surface area contributed by atoms with Crippen molar-refractivity contribution >= 4 is 10.9 Å². The Morgan fingerprint density at radius 1 is 1.15 bits per heavy atom. The minimum atomic E-state index is 0.137. The second-order valence-corrected chi connectivity index (χ2v) is 6.61. The van der Waals surface area contributed by atoms with Gasteiger partial charge in [0.1, 0.15) is 0 Å². The van der Waals surface area contributed by atoms with Crippen molar-refractivity contribution in [1.29, 1.82) is 0 Å². The van der Waals surface area contributed by atoms with Crippen LogP contribution in [0, 0.1) is 5.92 Å². The van der Waals surface area contributed by atoms with Crippen LogP contribution in [0.25, 0.3) is 10.9 Å². The van der Waals surface area contributed by atoms with Gasteiger partial charge < -0.3 is 5.32 Å². The molecule has 2 heteroatoms. The molecule has 1 aromatic heterocycles. The lowest BCUT2D eigenvalue weighted by molar-refractivity contribution is 0.444. The van der Waals surface area contributed by atoms with Gasteiger partial charge in [0.2, 0.25) is 0 Å². The van der Waals surface area contributed by atoms with Gasteiger partial charge in [-0.05, 0) is 42.5 Å². The summed E-state index contributed by atoms with van der Waals surface area (Å²) in [5, 5.41) is 4.77. The lowest BCUT2D eigenvalue weighted by Crippen LogP contribution is -2.28. The van der Waals surface area contributed by atoms with E-state index in [4.69, 9.17) is 0 Å². The van der Waals surface area contributed by atoms with E-state index in [2.05, 4.69) is 62.3 Å². The number of fused-ring (bicyclic) bond motifs is 1. The summed E-state index contributed by atoms with van der Waals surface area (Å²) in [6.07, 6.45) is 3.01. The van der Waals surface area contributed by atoms with E-state index in [1.54, 1.807) is 0 Å². The first-order valence-electron chi connectivity index (χ1n) is 7.55. The Morgan fingerprint density at radius 2 is 1.90 bits per heavy atom. The first-order valence-corrected chi connectivity index (χ1v) is 7.55. The normalized spacial score (nSPS) is 12.2. The zero-order valence-electron chi connectivity index (χ0n) is 13.1. The molecule has 0 radical (unpaired) electrons. The number of para-hydroxylation sites is 1. The number of rotatable bonds is 6. The van der Waals surface area contributed by atoms with E-state index in [1.165, 1.54) is 10.9 Å². The third kappa shape index (κ3) is 3.57. The molecule has 0 saturated carbocycles. The Hall–Kier alpha value is -1.41. The molecular formula is C18H26N2. The van der Waals surface area contributed by atoms with Gasteiger partial charge in [-0.2, -0.15) is 0 Å². The summed E-state index contributed by atoms with van der Waals surface area (Å²) in [6, 6.07) is 10.6. The van der Waals surface area contributed by atoms with E-state index in [1.807, 2.05) is 12.3 Å². The topological polar surface area (TPSA) is 24.9 Å². The quantitative estimate of drug-likeness (QED) is 0.798. The van der Waals surface area contributed by atoms with Gasteiger partial charge in [0.15, 0.2) is 0 Å². The highest BCUT2D eigenvalue weighted by Crippen LogP contribution is 2.31. The Kier molecular flexibility index (Phi) is 4.77. The van der Waals surface area contributed by atoms with Gasteiger partial charge >= 0.3 is 0 Å². The van der Waals surface area contributed by atoms with Crippen LogP contribution >= 0.6 is 0 Å². The van der Waals surface area contributed by atoms with Gasteiger partial charge in [0.05, 0.1) is 5.52 Å². The molecule has 20 heavy (non-hydrogen) atoms. The number of benzene rings is 1. The number of nitrogens with one attached hydrogen (secondary N) is 1. The lowest BCUT2D eigenvalue weighted by atomic mass is 9.80. The average molecular weight is 270 g/mol. The molecule has 2 nitrogen and oxygen atoms in total. The lowest BCUT2D eigenvalue weighted by Gasteiger charge is -2.26. The predicted molar refractivity (Wildman–Crippen MR) is 87.1 cm³/mol. The Balaban J connectivity index is 2.15. The van der Waals surface area contributed by atoms with Crippen molar-refractivity contribution in [3.8, 4) is 0 Å². The Bertz CT molecular complexity index is 553. The molecule has 0 aliphatic heterocycles. The number of pyridine rings is 1. The highest BCUT2D eigenvalue weighted by Gasteiger charge is 2.22. The third-order valence-corrected chi connectivity index (χ3v) is 3.84. The summed E-state index contributed by atoms with van der Waals surface area (Å²) in [5.41, 5.74) is 2.63. The van der Waals surface area contributed by atoms with Crippen molar-refractivity contribution in [2.24, 2.45) is 5.92 Å². The molecule has 1 N–H and O–H groups in total. The first-order chi connectivity index (χ1) is 9.50. The zero-order chi connectivity index (χ0) is 14.6. The van der Waals surface area contributed by atoms with Crippen LogP contribution < -0.4 is 5.32 Å². The van der Waals surface area contributed by atoms with Crippen LogP contribution in [0.4, 0.5) is 0 Å². The minimum Gasteiger partial charge on any atom is -0.316 e. The first kappa shape index (κ1) is 15.0. The molecular weight excluding hydrogens is 244 g/mol. The summed E-state index contributed by atoms with van der Waals surface area (Å²) in [4.78, 5) is 4.58. The second-order valence-electron chi connectivity index (χ2n) is 6.61. The molecule has 1 heterocycles. The number of nitrogens with zero attached hydrogens (tertiary/aromatic N) is 1. The van der Waals surface area contributed by atoms with Crippen LogP contribution in [0.15, 0.2) is 36.5 Å². The molecule has 108 valence electrons. The van der Waals surface area contributed by atoms with Crippen molar-refractivity contribution in [3.63, 3.8) is 0 Å². The average Bonchev–Trinajstić information content (AvgIpc) is 2.43. The molecule has 0 aliphatic carbocycles. The molecule has 2 rings (SSSR count). The van der Waals surface area contributed by atoms with Crippen LogP contribution in [-0.4, -0.2) is 18.1 Å². The van der Waals surface area contributed by atoms with Gasteiger partial charge in [-0.25, -0.2) is 0 Å². The van der Waals surface area contributed by atoms with Crippen molar-refractivity contribution in [1.82, 2.24) is 10.3 Å². The zero-order valence-corrected chi connectivity index (χ0v) is 13.1. The SMILES string of the molecule is CC(C)CNCCC(C)(C)c1cccc2cccnc12. The maximum Gasteiger partial charge on any atom is 0.0739 e. The highest BCUT2D eigenvalue weighted by atomic mass is 14.9. The molecule has 0 unspecified atom stereocenters. The molecule has 0 atom stereocenters. The highest BCUT2D eigenvalue weighted by molar-refractivity contribution is 5.82. The van der Waals surface area contributed by atoms with Crippen molar-refractivity contribution in [2.45, 2.75) is 39.5 Å². The van der Waals surface area contributed by atoms with Crippen molar-refractivity contribution in [3.05, 3.63) is 42.1 Å². The van der Waals surface area contributed by atoms with E-state index < -0.39 is 0 Å². The second kappa shape index (κ2) is 6.36. The minimum absolute atomic E-state index is 0.137. The smallest absolute Gasteiger partial charge is 0.0739 e. The standard InChI is InChI=1S/C18H26N2/c1-14(2)13-19-12-10-18(3,4)16-9-5-7-15-8-6-11-20-17(15)16/h5-9,11,14,19H,10,12-13H2,1-4H3. The van der Waals surface area contributed by atoms with E-state index >= 15 is 0 Å². The maximum atomic E-state index is 4.58. The number of hydrogen-bond acceptors (Lipinski definition) is 2. The van der Waals surface area contributed by atoms with Gasteiger partial charge in [-0.1, -0.05) is 52.0 Å². The van der Waals surface area contributed by atoms with Crippen LogP contribution in [0.3, 0.4) is 0 Å². The fourth-order valence-electron chi connectivity index (χ4n) is 2.58. The van der Waals surface area contributed by atoms with E-state index in [0.717, 1.165) is 25.0 Å². The third-order valence-electron chi connectivity index (χ3n) is 3.84. The summed E-state index contributed by atoms with van der Waals surface area (Å²) in [6.45, 7) is 11.2. The molecule has 1 aromatic carbocycles. The van der Waals surface area contributed by atoms with Crippen LogP contribution in [0.1, 0.15) is 39.7 Å². The molecule has 0 saturated heterocycles. The molecule has 0 spiro atoms. The van der Waals surface area contributed by atoms with E-state index in [-0.39, 0.29) is 5.41 Å². The summed E-state index contributed by atoms with van der Waals surface area (Å²) in [5.74, 6) is 0.706. The summed E-state index contributed by atoms with van der Waals surface area (Å²) in [7, 11) is 0. The Morgan fingerprint density at radius 3 is 2.65 bits per heavy atom. The van der Waals surface area contributed by atoms with Gasteiger partial charge in [0, 0.05) is 11.6 Å². The molecule has 0 fully saturated rings. The van der Waals surface area contributed by atoms with Gasteiger partial charge in [-0.3, -0.25) is 4.98 Å². The maximum absolute atomic E-state index is 4.58. The van der Waals surface area contributed by atoms with Crippen LogP contribution in [0.2, 0.25) is 0 Å². The van der Waals surface area contributed by atoms with Crippen molar-refractivity contribution in [2.75, 3.05) is 13.1 Å². The summed E-state index contributed by atoms with van der Waals surface area (Å²) >= 11 is 0. The van der Waals surface area contributed by atoms with Gasteiger partial charge in [0.25, 0.3) is 0 Å². The predicted octanol–water partition coefficient (Wildman–Crippen LogP) is 4.15. The van der Waals surface area contributed by atoms with Crippen LogP contribution in [-0.2, 0) is 5.41 Å². The monoisotopic (exact) mass is 270 g/mol. The fraction of sp³-hybridized carbons (Fsp3) is 0.500. The molecule has 2 aromatic rings. The fourth-order valence-corrected chi connectivity index (χ4v) is 2.58. The number of hydrogen-bond donors (Lipinski definition) is 1. The summed E-state index contributed by atoms with van der Waals surface area (Å²) < 4.78 is 0. The molecule has 0 bridgehead atoms. The largest absolute Gasteiger partial charge is 0.316 e. The molecule has 0 amide bonds. The molecule has 0 aliphatic rings. The van der Waals surface area contributed by atoms with Crippen LogP contribution in [0.5, 0.6) is 0 Å². The number of aromatic nitrogens is 1. The van der Waals surface area contributed by atoms with Crippen molar-refractivity contribution < 1.29 is 0 Å². The van der Waals surface area contributed by atoms with Gasteiger partial charge in [-0.15, -0.1) is 0 Å². The Labute approximate surface area is 122 Å².